The van der Waals surface area contributed by atoms with Crippen LogP contribution in [0.5, 0.6) is 0 Å². The number of hydrogen-bond acceptors (Lipinski definition) is 3. The Labute approximate surface area is 124 Å². The maximum Gasteiger partial charge on any atom is 0.0984 e. The molecule has 6 heteroatoms. The molecular weight excluding hydrogens is 362 g/mol. The van der Waals surface area contributed by atoms with Crippen molar-refractivity contribution in [2.75, 3.05) is 6.61 Å². The molecule has 0 radical (unpaired) electrons. The van der Waals surface area contributed by atoms with Crippen molar-refractivity contribution in [2.45, 2.75) is 46.3 Å². The van der Waals surface area contributed by atoms with Crippen LogP contribution in [-0.2, 0) is 11.1 Å². The molecule has 18 heavy (non-hydrogen) atoms. The highest BCUT2D eigenvalue weighted by Crippen LogP contribution is 2.40. The average Bonchev–Trinajstić information content (AvgIpc) is 3.16. The van der Waals surface area contributed by atoms with E-state index in [1.54, 1.807) is 0 Å². The first-order chi connectivity index (χ1) is 8.72. The van der Waals surface area contributed by atoms with Gasteiger partial charge in [-0.25, -0.2) is 0 Å². The summed E-state index contributed by atoms with van der Waals surface area (Å²) in [6, 6.07) is 1.98. The fourth-order valence-electron chi connectivity index (χ4n) is 1.81. The van der Waals surface area contributed by atoms with E-state index in [-0.39, 0.29) is 6.10 Å². The molecule has 2 unspecified atom stereocenters. The minimum absolute atomic E-state index is 0.344. The van der Waals surface area contributed by atoms with Gasteiger partial charge in [-0.05, 0) is 53.8 Å². The maximum absolute atomic E-state index is 10.1. The van der Waals surface area contributed by atoms with Gasteiger partial charge in [0.25, 0.3) is 0 Å². The Morgan fingerprint density at radius 3 is 2.83 bits per heavy atom. The number of nitrogens with zero attached hydrogens (tertiary/aromatic N) is 2. The maximum atomic E-state index is 10.1. The number of aromatic nitrogens is 2. The summed E-state index contributed by atoms with van der Waals surface area (Å²) in [5, 5.41) is 14.5. The van der Waals surface area contributed by atoms with Crippen molar-refractivity contribution in [1.29, 1.82) is 0 Å². The highest BCUT2D eigenvalue weighted by atomic mass is 127. The third kappa shape index (κ3) is 4.76. The molecule has 1 fully saturated rings. The quantitative estimate of drug-likeness (QED) is 0.463. The summed E-state index contributed by atoms with van der Waals surface area (Å²) < 4.78 is 7.21. The summed E-state index contributed by atoms with van der Waals surface area (Å²) in [6.45, 7) is 7.83. The van der Waals surface area contributed by atoms with Gasteiger partial charge < -0.3 is 9.63 Å². The van der Waals surface area contributed by atoms with E-state index in [1.807, 2.05) is 31.5 Å². The zero-order valence-corrected chi connectivity index (χ0v) is 14.3. The van der Waals surface area contributed by atoms with Gasteiger partial charge in [0.05, 0.1) is 37.1 Å². The van der Waals surface area contributed by atoms with E-state index >= 15 is 0 Å². The molecule has 1 N–H and O–H groups in total. The number of aryl methyl sites for hydroxylation is 1. The molecule has 2 rings (SSSR count). The minimum atomic E-state index is -0.344. The van der Waals surface area contributed by atoms with Gasteiger partial charge in [-0.3, -0.25) is 4.68 Å². The first-order valence-electron chi connectivity index (χ1n) is 6.42. The van der Waals surface area contributed by atoms with Gasteiger partial charge in [0.15, 0.2) is 0 Å². The Bertz CT molecular complexity index is 356. The van der Waals surface area contributed by atoms with Crippen LogP contribution in [0.15, 0.2) is 6.07 Å². The Hall–Kier alpha value is 0.290. The van der Waals surface area contributed by atoms with Crippen LogP contribution in [0, 0.1) is 12.8 Å². The van der Waals surface area contributed by atoms with Gasteiger partial charge in [-0.1, -0.05) is 13.8 Å². The highest BCUT2D eigenvalue weighted by molar-refractivity contribution is 14.2. The lowest BCUT2D eigenvalue weighted by molar-refractivity contribution is 0.141. The van der Waals surface area contributed by atoms with E-state index in [2.05, 4.69) is 27.1 Å². The molecule has 2 atom stereocenters. The van der Waals surface area contributed by atoms with Crippen LogP contribution in [0.25, 0.3) is 0 Å². The summed E-state index contributed by atoms with van der Waals surface area (Å²) >= 11 is 2.20. The molecule has 0 spiro atoms. The fraction of sp³-hybridized carbons (Fsp3) is 0.750. The van der Waals surface area contributed by atoms with Crippen LogP contribution < -0.4 is 0 Å². The lowest BCUT2D eigenvalue weighted by Gasteiger charge is -2.12. The summed E-state index contributed by atoms with van der Waals surface area (Å²) in [4.78, 5) is 0. The Balaban J connectivity index is 0.000000771. The normalized spacial score (nSPS) is 16.7. The molecule has 1 aromatic rings. The third-order valence-electron chi connectivity index (χ3n) is 2.76. The second-order valence-corrected chi connectivity index (χ2v) is 5.91. The van der Waals surface area contributed by atoms with E-state index in [9.17, 15) is 5.11 Å². The zero-order valence-electron chi connectivity index (χ0n) is 11.2. The minimum Gasteiger partial charge on any atom is -0.387 e. The number of hydrogen-bond donors (Lipinski definition) is 1. The van der Waals surface area contributed by atoms with Gasteiger partial charge in [0.1, 0.15) is 0 Å². The van der Waals surface area contributed by atoms with Crippen molar-refractivity contribution in [3.63, 3.8) is 0 Å². The fourth-order valence-corrected chi connectivity index (χ4v) is 2.64. The molecule has 0 bridgehead atoms. The van der Waals surface area contributed by atoms with E-state index in [0.29, 0.717) is 19.0 Å². The Morgan fingerprint density at radius 1 is 1.61 bits per heavy atom. The van der Waals surface area contributed by atoms with Crippen LogP contribution in [0.2, 0.25) is 0 Å². The van der Waals surface area contributed by atoms with Crippen molar-refractivity contribution in [3.8, 4) is 0 Å². The summed E-state index contributed by atoms with van der Waals surface area (Å²) in [5.41, 5.74) is 1.91. The molecular formula is C12H22IN2O2P. The standard InChI is InChI=1S/C10H16IN2O2P.C2H6/c1-7-6-9(10(14)8-2-3-8)13(12-7)4-5-15-16-11;1-2/h6,8,10,14,16H,2-5H2,1H3;1-2H3. The first-order valence-corrected chi connectivity index (χ1v) is 10.4. The summed E-state index contributed by atoms with van der Waals surface area (Å²) in [6.07, 6.45) is 1.93. The molecule has 1 aliphatic carbocycles. The van der Waals surface area contributed by atoms with Gasteiger partial charge in [0, 0.05) is 0 Å². The van der Waals surface area contributed by atoms with E-state index in [0.717, 1.165) is 30.8 Å². The van der Waals surface area contributed by atoms with Crippen LogP contribution in [0.4, 0.5) is 0 Å². The lowest BCUT2D eigenvalue weighted by atomic mass is 10.1. The van der Waals surface area contributed by atoms with Crippen LogP contribution >= 0.6 is 28.5 Å². The molecule has 0 saturated heterocycles. The largest absolute Gasteiger partial charge is 0.387 e. The van der Waals surface area contributed by atoms with Crippen LogP contribution in [0.3, 0.4) is 0 Å². The monoisotopic (exact) mass is 384 g/mol. The molecule has 1 heterocycles. The Kier molecular flexibility index (Phi) is 7.68. The molecule has 1 aromatic heterocycles. The average molecular weight is 384 g/mol. The second-order valence-electron chi connectivity index (χ2n) is 4.14. The van der Waals surface area contributed by atoms with Crippen molar-refractivity contribution in [3.05, 3.63) is 17.5 Å². The van der Waals surface area contributed by atoms with Crippen molar-refractivity contribution < 1.29 is 9.63 Å². The molecule has 0 aromatic carbocycles. The van der Waals surface area contributed by atoms with Gasteiger partial charge in [-0.2, -0.15) is 5.10 Å². The number of aliphatic hydroxyl groups excluding tert-OH is 1. The van der Waals surface area contributed by atoms with Gasteiger partial charge in [-0.15, -0.1) is 0 Å². The van der Waals surface area contributed by atoms with Gasteiger partial charge >= 0.3 is 0 Å². The number of aliphatic hydroxyl groups is 1. The van der Waals surface area contributed by atoms with E-state index in [1.165, 1.54) is 0 Å². The summed E-state index contributed by atoms with van der Waals surface area (Å²) in [5.74, 6) is 0.446. The Morgan fingerprint density at radius 2 is 2.28 bits per heavy atom. The zero-order chi connectivity index (χ0) is 13.5. The van der Waals surface area contributed by atoms with Crippen molar-refractivity contribution in [1.82, 2.24) is 9.78 Å². The van der Waals surface area contributed by atoms with Crippen molar-refractivity contribution in [2.24, 2.45) is 5.92 Å². The van der Waals surface area contributed by atoms with Crippen molar-refractivity contribution >= 4 is 28.5 Å². The van der Waals surface area contributed by atoms with Gasteiger partial charge in [0.2, 0.25) is 0 Å². The molecule has 0 amide bonds. The third-order valence-corrected chi connectivity index (χ3v) is 4.01. The second kappa shape index (κ2) is 8.46. The summed E-state index contributed by atoms with van der Waals surface area (Å²) in [7, 11) is 0. The van der Waals surface area contributed by atoms with Crippen LogP contribution in [0.1, 0.15) is 44.2 Å². The highest BCUT2D eigenvalue weighted by Gasteiger charge is 2.32. The van der Waals surface area contributed by atoms with E-state index < -0.39 is 0 Å². The SMILES string of the molecule is CC.Cc1cc(C(O)C2CC2)n(CCOPI)n1. The van der Waals surface area contributed by atoms with Crippen LogP contribution in [-0.4, -0.2) is 21.5 Å². The smallest absolute Gasteiger partial charge is 0.0984 e. The van der Waals surface area contributed by atoms with E-state index in [4.69, 9.17) is 4.52 Å². The molecule has 1 saturated carbocycles. The first kappa shape index (κ1) is 16.3. The lowest BCUT2D eigenvalue weighted by Crippen LogP contribution is -2.13. The molecule has 0 aliphatic heterocycles. The predicted octanol–water partition coefficient (Wildman–Crippen LogP) is 3.62. The predicted molar refractivity (Wildman–Crippen MR) is 84.3 cm³/mol. The molecule has 104 valence electrons. The topological polar surface area (TPSA) is 47.3 Å². The molecule has 1 aliphatic rings. The molecule has 4 nitrogen and oxygen atoms in total. The number of rotatable bonds is 6. The number of halogens is 1.